The quantitative estimate of drug-likeness (QED) is 0.765. The van der Waals surface area contributed by atoms with Gasteiger partial charge in [0.1, 0.15) is 5.82 Å². The van der Waals surface area contributed by atoms with Gasteiger partial charge in [0.25, 0.3) is 0 Å². The number of benzene rings is 1. The number of ether oxygens (including phenoxy) is 1. The van der Waals surface area contributed by atoms with Crippen LogP contribution in [-0.4, -0.2) is 47.1 Å². The van der Waals surface area contributed by atoms with Crippen LogP contribution >= 0.6 is 0 Å². The summed E-state index contributed by atoms with van der Waals surface area (Å²) in [6.45, 7) is 3.86. The Bertz CT molecular complexity index is 1060. The predicted octanol–water partition coefficient (Wildman–Crippen LogP) is 3.04. The fourth-order valence-electron chi connectivity index (χ4n) is 3.74. The second-order valence-electron chi connectivity index (χ2n) is 6.94. The van der Waals surface area contributed by atoms with Crippen LogP contribution in [0.15, 0.2) is 59.9 Å². The molecule has 28 heavy (non-hydrogen) atoms. The Morgan fingerprint density at radius 3 is 2.50 bits per heavy atom. The Labute approximate surface area is 163 Å². The number of aromatic hydroxyl groups is 1. The van der Waals surface area contributed by atoms with Crippen molar-refractivity contribution in [2.45, 2.75) is 6.54 Å². The van der Waals surface area contributed by atoms with Crippen LogP contribution in [0.4, 0.5) is 5.82 Å². The number of rotatable bonds is 3. The van der Waals surface area contributed by atoms with Gasteiger partial charge in [-0.3, -0.25) is 4.99 Å². The molecule has 0 spiro atoms. The third-order valence-electron chi connectivity index (χ3n) is 5.21. The number of hydrogen-bond acceptors (Lipinski definition) is 6. The minimum absolute atomic E-state index is 0.0242. The molecule has 2 aliphatic rings. The highest BCUT2D eigenvalue weighted by atomic mass is 16.5. The second-order valence-corrected chi connectivity index (χ2v) is 6.94. The largest absolute Gasteiger partial charge is 0.493 e. The topological polar surface area (TPSA) is 70.8 Å². The monoisotopic (exact) mass is 372 g/mol. The van der Waals surface area contributed by atoms with Gasteiger partial charge in [-0.05, 0) is 41.0 Å². The molecule has 6 nitrogen and oxygen atoms in total. The third kappa shape index (κ3) is 3.12. The van der Waals surface area contributed by atoms with Crippen molar-refractivity contribution < 1.29 is 9.84 Å². The number of aliphatic imine (C=N–C) groups is 1. The van der Waals surface area contributed by atoms with Crippen LogP contribution in [0.3, 0.4) is 0 Å². The Kier molecular flexibility index (Phi) is 4.25. The van der Waals surface area contributed by atoms with Gasteiger partial charge in [-0.2, -0.15) is 0 Å². The molecule has 0 radical (unpaired) electrons. The predicted molar refractivity (Wildman–Crippen MR) is 108 cm³/mol. The maximum Gasteiger partial charge on any atom is 0.211 e. The SMILES string of the molecule is Oc1cc(-c2ccc3c(c2)C(c2ccnc(N4CCOCC4)c2)=NC3)ccn1. The Hall–Kier alpha value is -3.25. The van der Waals surface area contributed by atoms with Crippen LogP contribution in [0.1, 0.15) is 16.7 Å². The number of nitrogens with zero attached hydrogens (tertiary/aromatic N) is 4. The molecule has 0 amide bonds. The van der Waals surface area contributed by atoms with Gasteiger partial charge in [-0.25, -0.2) is 9.97 Å². The van der Waals surface area contributed by atoms with E-state index in [1.807, 2.05) is 18.3 Å². The summed E-state index contributed by atoms with van der Waals surface area (Å²) in [7, 11) is 0. The summed E-state index contributed by atoms with van der Waals surface area (Å²) in [6.07, 6.45) is 3.47. The summed E-state index contributed by atoms with van der Waals surface area (Å²) in [5.74, 6) is 0.989. The number of morpholine rings is 1. The van der Waals surface area contributed by atoms with E-state index in [4.69, 9.17) is 9.73 Å². The van der Waals surface area contributed by atoms with Crippen molar-refractivity contribution in [1.82, 2.24) is 9.97 Å². The molecule has 2 aliphatic heterocycles. The molecule has 1 aromatic carbocycles. The normalized spacial score (nSPS) is 16.0. The van der Waals surface area contributed by atoms with Crippen molar-refractivity contribution >= 4 is 11.5 Å². The van der Waals surface area contributed by atoms with Gasteiger partial charge >= 0.3 is 0 Å². The Morgan fingerprint density at radius 1 is 0.857 bits per heavy atom. The molecule has 5 rings (SSSR count). The van der Waals surface area contributed by atoms with Crippen molar-refractivity contribution in [2.75, 3.05) is 31.2 Å². The Balaban J connectivity index is 1.50. The maximum absolute atomic E-state index is 9.70. The molecule has 140 valence electrons. The van der Waals surface area contributed by atoms with E-state index in [1.165, 1.54) is 5.56 Å². The molecule has 0 unspecified atom stereocenters. The van der Waals surface area contributed by atoms with Crippen molar-refractivity contribution in [3.63, 3.8) is 0 Å². The molecule has 0 saturated carbocycles. The van der Waals surface area contributed by atoms with Gasteiger partial charge in [0, 0.05) is 42.7 Å². The first-order valence-electron chi connectivity index (χ1n) is 9.40. The third-order valence-corrected chi connectivity index (χ3v) is 5.21. The number of aromatic nitrogens is 2. The number of pyridine rings is 2. The fraction of sp³-hybridized carbons (Fsp3) is 0.227. The summed E-state index contributed by atoms with van der Waals surface area (Å²) in [4.78, 5) is 15.5. The van der Waals surface area contributed by atoms with E-state index in [0.29, 0.717) is 6.54 Å². The molecule has 0 aliphatic carbocycles. The zero-order valence-corrected chi connectivity index (χ0v) is 15.4. The van der Waals surface area contributed by atoms with Gasteiger partial charge in [0.15, 0.2) is 0 Å². The lowest BCUT2D eigenvalue weighted by Crippen LogP contribution is -2.36. The van der Waals surface area contributed by atoms with Crippen molar-refractivity contribution in [3.05, 3.63) is 71.5 Å². The number of fused-ring (bicyclic) bond motifs is 1. The molecule has 0 atom stereocenters. The lowest BCUT2D eigenvalue weighted by molar-refractivity contribution is 0.122. The van der Waals surface area contributed by atoms with Crippen LogP contribution in [0.5, 0.6) is 5.88 Å². The van der Waals surface area contributed by atoms with Crippen LogP contribution in [0.2, 0.25) is 0 Å². The highest BCUT2D eigenvalue weighted by Crippen LogP contribution is 2.30. The number of hydrogen-bond donors (Lipinski definition) is 1. The average Bonchev–Trinajstić information content (AvgIpc) is 3.18. The van der Waals surface area contributed by atoms with E-state index in [-0.39, 0.29) is 5.88 Å². The molecule has 1 N–H and O–H groups in total. The molecule has 1 fully saturated rings. The van der Waals surface area contributed by atoms with Gasteiger partial charge in [0.05, 0.1) is 25.5 Å². The Morgan fingerprint density at radius 2 is 1.64 bits per heavy atom. The van der Waals surface area contributed by atoms with E-state index in [9.17, 15) is 5.11 Å². The molecule has 1 saturated heterocycles. The number of anilines is 1. The first kappa shape index (κ1) is 16.9. The van der Waals surface area contributed by atoms with Crippen molar-refractivity contribution in [3.8, 4) is 17.0 Å². The average molecular weight is 372 g/mol. The molecular formula is C22H20N4O2. The summed E-state index contributed by atoms with van der Waals surface area (Å²) in [6, 6.07) is 14.0. The van der Waals surface area contributed by atoms with Crippen molar-refractivity contribution in [1.29, 1.82) is 0 Å². The lowest BCUT2D eigenvalue weighted by atomic mass is 9.96. The summed E-state index contributed by atoms with van der Waals surface area (Å²) >= 11 is 0. The molecule has 2 aromatic heterocycles. The molecular weight excluding hydrogens is 352 g/mol. The minimum Gasteiger partial charge on any atom is -0.493 e. The van der Waals surface area contributed by atoms with Gasteiger partial charge in [0.2, 0.25) is 5.88 Å². The lowest BCUT2D eigenvalue weighted by Gasteiger charge is -2.28. The highest BCUT2D eigenvalue weighted by Gasteiger charge is 2.20. The van der Waals surface area contributed by atoms with E-state index in [0.717, 1.165) is 60.1 Å². The van der Waals surface area contributed by atoms with E-state index < -0.39 is 0 Å². The zero-order valence-electron chi connectivity index (χ0n) is 15.4. The summed E-state index contributed by atoms with van der Waals surface area (Å²) in [5.41, 5.74) is 6.38. The van der Waals surface area contributed by atoms with E-state index in [1.54, 1.807) is 12.3 Å². The zero-order chi connectivity index (χ0) is 18.9. The van der Waals surface area contributed by atoms with Crippen LogP contribution in [0.25, 0.3) is 11.1 Å². The molecule has 4 heterocycles. The first-order chi connectivity index (χ1) is 13.8. The van der Waals surface area contributed by atoms with Crippen LogP contribution in [0, 0.1) is 0 Å². The van der Waals surface area contributed by atoms with E-state index in [2.05, 4.69) is 39.1 Å². The summed E-state index contributed by atoms with van der Waals surface area (Å²) in [5, 5.41) is 9.70. The van der Waals surface area contributed by atoms with Gasteiger partial charge < -0.3 is 14.7 Å². The fourth-order valence-corrected chi connectivity index (χ4v) is 3.74. The maximum atomic E-state index is 9.70. The van der Waals surface area contributed by atoms with E-state index >= 15 is 0 Å². The smallest absolute Gasteiger partial charge is 0.211 e. The summed E-state index contributed by atoms with van der Waals surface area (Å²) < 4.78 is 5.45. The van der Waals surface area contributed by atoms with Crippen LogP contribution in [-0.2, 0) is 11.3 Å². The first-order valence-corrected chi connectivity index (χ1v) is 9.40. The minimum atomic E-state index is 0.0242. The standard InChI is InChI=1S/C22H20N4O2/c27-21-13-16(3-6-24-21)15-1-2-18-14-25-22(19(18)11-15)17-4-5-23-20(12-17)26-7-9-28-10-8-26/h1-6,11-13H,7-10,14H2,(H,24,27). The van der Waals surface area contributed by atoms with Crippen molar-refractivity contribution in [2.24, 2.45) is 4.99 Å². The molecule has 3 aromatic rings. The molecule has 0 bridgehead atoms. The van der Waals surface area contributed by atoms with Gasteiger partial charge in [-0.1, -0.05) is 12.1 Å². The highest BCUT2D eigenvalue weighted by molar-refractivity contribution is 6.15. The van der Waals surface area contributed by atoms with Gasteiger partial charge in [-0.15, -0.1) is 0 Å². The second kappa shape index (κ2) is 7.05. The molecule has 6 heteroatoms. The van der Waals surface area contributed by atoms with Crippen LogP contribution < -0.4 is 4.90 Å².